The van der Waals surface area contributed by atoms with E-state index in [1.807, 2.05) is 31.4 Å². The lowest BCUT2D eigenvalue weighted by molar-refractivity contribution is 0.250. The van der Waals surface area contributed by atoms with Crippen molar-refractivity contribution in [3.63, 3.8) is 0 Å². The van der Waals surface area contributed by atoms with Crippen molar-refractivity contribution in [1.29, 1.82) is 0 Å². The van der Waals surface area contributed by atoms with Crippen LogP contribution >= 0.6 is 0 Å². The normalized spacial score (nSPS) is 16.4. The van der Waals surface area contributed by atoms with Crippen molar-refractivity contribution in [2.75, 3.05) is 51.7 Å². The van der Waals surface area contributed by atoms with Crippen LogP contribution in [0.4, 0.5) is 5.95 Å². The Kier molecular flexibility index (Phi) is 6.97. The summed E-state index contributed by atoms with van der Waals surface area (Å²) in [6, 6.07) is 10.8. The molecule has 1 aliphatic rings. The maximum absolute atomic E-state index is 4.43. The molecule has 2 heterocycles. The number of aryl methyl sites for hydroxylation is 1. The Labute approximate surface area is 157 Å². The van der Waals surface area contributed by atoms with Gasteiger partial charge in [0.15, 0.2) is 0 Å². The second-order valence-corrected chi connectivity index (χ2v) is 7.35. The van der Waals surface area contributed by atoms with Crippen molar-refractivity contribution in [2.45, 2.75) is 25.8 Å². The molecule has 0 N–H and O–H groups in total. The van der Waals surface area contributed by atoms with Gasteiger partial charge in [0, 0.05) is 51.7 Å². The monoisotopic (exact) mass is 353 g/mol. The van der Waals surface area contributed by atoms with E-state index in [9.17, 15) is 0 Å². The van der Waals surface area contributed by atoms with Crippen molar-refractivity contribution in [3.05, 3.63) is 53.9 Å². The minimum atomic E-state index is 0.772. The summed E-state index contributed by atoms with van der Waals surface area (Å²) in [5, 5.41) is 0. The predicted molar refractivity (Wildman–Crippen MR) is 107 cm³/mol. The molecule has 1 fully saturated rings. The second kappa shape index (κ2) is 9.64. The fourth-order valence-electron chi connectivity index (χ4n) is 3.48. The number of hydrogen-bond donors (Lipinski definition) is 0. The molecule has 0 atom stereocenters. The van der Waals surface area contributed by atoms with E-state index >= 15 is 0 Å². The molecule has 140 valence electrons. The molecule has 2 aromatic rings. The molecule has 3 rings (SSSR count). The maximum atomic E-state index is 4.43. The van der Waals surface area contributed by atoms with Crippen LogP contribution in [0.15, 0.2) is 42.7 Å². The van der Waals surface area contributed by atoms with Crippen molar-refractivity contribution < 1.29 is 0 Å². The third-order valence-corrected chi connectivity index (χ3v) is 4.96. The molecule has 0 spiro atoms. The average Bonchev–Trinajstić information content (AvgIpc) is 2.88. The number of hydrogen-bond acceptors (Lipinski definition) is 5. The Bertz CT molecular complexity index is 641. The minimum absolute atomic E-state index is 0.772. The number of aromatic nitrogens is 2. The summed E-state index contributed by atoms with van der Waals surface area (Å²) >= 11 is 0. The van der Waals surface area contributed by atoms with Gasteiger partial charge in [-0.15, -0.1) is 0 Å². The highest BCUT2D eigenvalue weighted by Crippen LogP contribution is 2.11. The van der Waals surface area contributed by atoms with Crippen molar-refractivity contribution in [2.24, 2.45) is 0 Å². The van der Waals surface area contributed by atoms with Gasteiger partial charge in [-0.3, -0.25) is 4.90 Å². The molecule has 1 aliphatic heterocycles. The van der Waals surface area contributed by atoms with Crippen LogP contribution in [0.3, 0.4) is 0 Å². The van der Waals surface area contributed by atoms with E-state index in [-0.39, 0.29) is 0 Å². The van der Waals surface area contributed by atoms with Crippen LogP contribution in [0, 0.1) is 0 Å². The minimum Gasteiger partial charge on any atom is -0.347 e. The molecular weight excluding hydrogens is 322 g/mol. The first-order chi connectivity index (χ1) is 12.7. The highest BCUT2D eigenvalue weighted by atomic mass is 15.2. The topological polar surface area (TPSA) is 35.5 Å². The third kappa shape index (κ3) is 5.78. The van der Waals surface area contributed by atoms with E-state index in [2.05, 4.69) is 50.1 Å². The van der Waals surface area contributed by atoms with Gasteiger partial charge in [0.05, 0.1) is 0 Å². The van der Waals surface area contributed by atoms with Crippen molar-refractivity contribution >= 4 is 5.95 Å². The summed E-state index contributed by atoms with van der Waals surface area (Å²) in [6.45, 7) is 6.80. The summed E-state index contributed by atoms with van der Waals surface area (Å²) in [4.78, 5) is 15.9. The molecule has 1 aromatic carbocycles. The van der Waals surface area contributed by atoms with E-state index in [1.54, 1.807) is 0 Å². The Hall–Kier alpha value is -1.98. The van der Waals surface area contributed by atoms with Gasteiger partial charge in [-0.25, -0.2) is 9.97 Å². The lowest BCUT2D eigenvalue weighted by Gasteiger charge is -2.22. The number of nitrogens with zero attached hydrogens (tertiary/aromatic N) is 5. The SMILES string of the molecule is CN(C)c1ncc(CN2CCCN(CCCc3ccccc3)CC2)cn1. The first kappa shape index (κ1) is 18.8. The molecule has 0 saturated carbocycles. The molecule has 0 aliphatic carbocycles. The van der Waals surface area contributed by atoms with E-state index in [4.69, 9.17) is 0 Å². The lowest BCUT2D eigenvalue weighted by atomic mass is 10.1. The van der Waals surface area contributed by atoms with Crippen LogP contribution in [0.1, 0.15) is 24.0 Å². The van der Waals surface area contributed by atoms with Crippen molar-refractivity contribution in [3.8, 4) is 0 Å². The van der Waals surface area contributed by atoms with E-state index in [1.165, 1.54) is 43.5 Å². The van der Waals surface area contributed by atoms with E-state index in [0.29, 0.717) is 0 Å². The Balaban J connectivity index is 1.41. The van der Waals surface area contributed by atoms with Crippen LogP contribution in [0.5, 0.6) is 0 Å². The van der Waals surface area contributed by atoms with Crippen LogP contribution in [-0.2, 0) is 13.0 Å². The standard InChI is InChI=1S/C21H31N5/c1-24(2)21-22-16-20(17-23-21)18-26-13-7-12-25(14-15-26)11-6-10-19-8-4-3-5-9-19/h3-5,8-9,16-17H,6-7,10-15,18H2,1-2H3. The molecule has 0 unspecified atom stereocenters. The summed E-state index contributed by atoms with van der Waals surface area (Å²) < 4.78 is 0. The van der Waals surface area contributed by atoms with Gasteiger partial charge in [-0.1, -0.05) is 30.3 Å². The molecule has 1 saturated heterocycles. The van der Waals surface area contributed by atoms with Gasteiger partial charge >= 0.3 is 0 Å². The fourth-order valence-corrected chi connectivity index (χ4v) is 3.48. The van der Waals surface area contributed by atoms with E-state index < -0.39 is 0 Å². The Morgan fingerprint density at radius 3 is 2.31 bits per heavy atom. The summed E-state index contributed by atoms with van der Waals surface area (Å²) in [7, 11) is 3.94. The van der Waals surface area contributed by atoms with Crippen LogP contribution in [-0.4, -0.2) is 66.6 Å². The van der Waals surface area contributed by atoms with Gasteiger partial charge in [0.2, 0.25) is 5.95 Å². The molecule has 26 heavy (non-hydrogen) atoms. The lowest BCUT2D eigenvalue weighted by Crippen LogP contribution is -2.31. The maximum Gasteiger partial charge on any atom is 0.224 e. The highest BCUT2D eigenvalue weighted by Gasteiger charge is 2.15. The van der Waals surface area contributed by atoms with Gasteiger partial charge in [-0.2, -0.15) is 0 Å². The molecule has 5 heteroatoms. The molecule has 0 bridgehead atoms. The van der Waals surface area contributed by atoms with Gasteiger partial charge < -0.3 is 9.80 Å². The molecule has 0 amide bonds. The van der Waals surface area contributed by atoms with E-state index in [0.717, 1.165) is 32.1 Å². The summed E-state index contributed by atoms with van der Waals surface area (Å²) in [6.07, 6.45) is 7.58. The molecule has 5 nitrogen and oxygen atoms in total. The summed E-state index contributed by atoms with van der Waals surface area (Å²) in [5.41, 5.74) is 2.65. The molecule has 0 radical (unpaired) electrons. The Morgan fingerprint density at radius 1 is 0.885 bits per heavy atom. The zero-order valence-corrected chi connectivity index (χ0v) is 16.1. The van der Waals surface area contributed by atoms with Crippen molar-refractivity contribution in [1.82, 2.24) is 19.8 Å². The molecule has 1 aromatic heterocycles. The molecular formula is C21H31N5. The predicted octanol–water partition coefficient (Wildman–Crippen LogP) is 2.68. The highest BCUT2D eigenvalue weighted by molar-refractivity contribution is 5.26. The zero-order valence-electron chi connectivity index (χ0n) is 16.1. The number of benzene rings is 1. The Morgan fingerprint density at radius 2 is 1.58 bits per heavy atom. The first-order valence-electron chi connectivity index (χ1n) is 9.67. The zero-order chi connectivity index (χ0) is 18.2. The van der Waals surface area contributed by atoms with Crippen LogP contribution in [0.2, 0.25) is 0 Å². The smallest absolute Gasteiger partial charge is 0.224 e. The average molecular weight is 354 g/mol. The largest absolute Gasteiger partial charge is 0.347 e. The first-order valence-corrected chi connectivity index (χ1v) is 9.67. The van der Waals surface area contributed by atoms with Gasteiger partial charge in [0.1, 0.15) is 0 Å². The third-order valence-electron chi connectivity index (χ3n) is 4.96. The van der Waals surface area contributed by atoms with Gasteiger partial charge in [-0.05, 0) is 44.5 Å². The fraction of sp³-hybridized carbons (Fsp3) is 0.524. The summed E-state index contributed by atoms with van der Waals surface area (Å²) in [5.74, 6) is 0.772. The second-order valence-electron chi connectivity index (χ2n) is 7.35. The van der Waals surface area contributed by atoms with Gasteiger partial charge in [0.25, 0.3) is 0 Å². The quantitative estimate of drug-likeness (QED) is 0.765. The number of rotatable bonds is 7. The number of anilines is 1. The van der Waals surface area contributed by atoms with Crippen LogP contribution < -0.4 is 4.90 Å². The van der Waals surface area contributed by atoms with Crippen LogP contribution in [0.25, 0.3) is 0 Å².